The van der Waals surface area contributed by atoms with E-state index in [1.807, 2.05) is 31.2 Å². The highest BCUT2D eigenvalue weighted by Gasteiger charge is 2.05. The van der Waals surface area contributed by atoms with Crippen LogP contribution in [0.4, 0.5) is 11.4 Å². The topological polar surface area (TPSA) is 84.3 Å². The maximum atomic E-state index is 11.8. The number of benzene rings is 2. The fourth-order valence-electron chi connectivity index (χ4n) is 2.27. The van der Waals surface area contributed by atoms with Crippen molar-refractivity contribution in [3.8, 4) is 0 Å². The van der Waals surface area contributed by atoms with E-state index in [0.29, 0.717) is 25.9 Å². The minimum atomic E-state index is -0.428. The van der Waals surface area contributed by atoms with Crippen LogP contribution >= 0.6 is 0 Å². The number of nitro benzene ring substituents is 1. The molecule has 0 atom stereocenters. The summed E-state index contributed by atoms with van der Waals surface area (Å²) in [6.45, 7) is 3.20. The van der Waals surface area contributed by atoms with Gasteiger partial charge in [0.2, 0.25) is 5.91 Å². The molecule has 2 rings (SSSR count). The van der Waals surface area contributed by atoms with Gasteiger partial charge in [0.15, 0.2) is 0 Å². The number of rotatable bonds is 8. The van der Waals surface area contributed by atoms with Crippen molar-refractivity contribution in [2.45, 2.75) is 26.3 Å². The van der Waals surface area contributed by atoms with Crippen molar-refractivity contribution in [3.05, 3.63) is 69.8 Å². The number of nitro groups is 1. The number of carbonyl (C=O) groups excluding carboxylic acids is 1. The third-order valence-corrected chi connectivity index (χ3v) is 3.73. The van der Waals surface area contributed by atoms with Gasteiger partial charge in [-0.25, -0.2) is 0 Å². The third-order valence-electron chi connectivity index (χ3n) is 3.73. The van der Waals surface area contributed by atoms with Gasteiger partial charge in [-0.05, 0) is 36.6 Å². The van der Waals surface area contributed by atoms with Crippen LogP contribution in [-0.2, 0) is 11.3 Å². The molecule has 0 aliphatic carbocycles. The molecule has 126 valence electrons. The average molecular weight is 327 g/mol. The summed E-state index contributed by atoms with van der Waals surface area (Å²) < 4.78 is 0. The van der Waals surface area contributed by atoms with Gasteiger partial charge < -0.3 is 10.6 Å². The molecule has 24 heavy (non-hydrogen) atoms. The number of carbonyl (C=O) groups is 1. The van der Waals surface area contributed by atoms with E-state index in [1.54, 1.807) is 12.1 Å². The molecule has 0 bridgehead atoms. The van der Waals surface area contributed by atoms with E-state index in [-0.39, 0.29) is 11.6 Å². The Labute approximate surface area is 141 Å². The summed E-state index contributed by atoms with van der Waals surface area (Å²) in [5.41, 5.74) is 3.16. The second kappa shape index (κ2) is 8.67. The van der Waals surface area contributed by atoms with E-state index in [2.05, 4.69) is 10.6 Å². The summed E-state index contributed by atoms with van der Waals surface area (Å²) in [4.78, 5) is 22.0. The normalized spacial score (nSPS) is 10.2. The number of hydrogen-bond donors (Lipinski definition) is 2. The zero-order valence-corrected chi connectivity index (χ0v) is 13.6. The lowest BCUT2D eigenvalue weighted by Crippen LogP contribution is -2.23. The molecular formula is C18H21N3O3. The van der Waals surface area contributed by atoms with Crippen LogP contribution in [0, 0.1) is 17.0 Å². The molecule has 0 spiro atoms. The van der Waals surface area contributed by atoms with Gasteiger partial charge >= 0.3 is 0 Å². The van der Waals surface area contributed by atoms with Crippen LogP contribution in [0.25, 0.3) is 0 Å². The molecule has 2 aromatic rings. The molecule has 6 heteroatoms. The van der Waals surface area contributed by atoms with Crippen LogP contribution < -0.4 is 10.6 Å². The number of aryl methyl sites for hydroxylation is 1. The van der Waals surface area contributed by atoms with Crippen molar-refractivity contribution >= 4 is 17.3 Å². The minimum absolute atomic E-state index is 0.0174. The van der Waals surface area contributed by atoms with E-state index in [9.17, 15) is 14.9 Å². The maximum Gasteiger partial charge on any atom is 0.269 e. The first-order chi connectivity index (χ1) is 11.6. The van der Waals surface area contributed by atoms with Crippen molar-refractivity contribution in [3.63, 3.8) is 0 Å². The lowest BCUT2D eigenvalue weighted by atomic mass is 10.1. The number of anilines is 1. The van der Waals surface area contributed by atoms with Gasteiger partial charge in [-0.1, -0.05) is 24.3 Å². The molecule has 0 aliphatic heterocycles. The second-order valence-corrected chi connectivity index (χ2v) is 5.54. The Morgan fingerprint density at radius 1 is 1.12 bits per heavy atom. The van der Waals surface area contributed by atoms with Crippen molar-refractivity contribution in [1.82, 2.24) is 5.32 Å². The van der Waals surface area contributed by atoms with Gasteiger partial charge in [-0.2, -0.15) is 0 Å². The SMILES string of the molecule is Cc1ccccc1CNC(=O)CCCNc1ccc([N+](=O)[O-])cc1. The van der Waals surface area contributed by atoms with E-state index >= 15 is 0 Å². The number of nitrogens with one attached hydrogen (secondary N) is 2. The molecule has 0 heterocycles. The molecule has 6 nitrogen and oxygen atoms in total. The van der Waals surface area contributed by atoms with E-state index in [4.69, 9.17) is 0 Å². The molecule has 0 saturated heterocycles. The highest BCUT2D eigenvalue weighted by Crippen LogP contribution is 2.15. The quantitative estimate of drug-likeness (QED) is 0.442. The van der Waals surface area contributed by atoms with E-state index < -0.39 is 4.92 Å². The Morgan fingerprint density at radius 2 is 1.83 bits per heavy atom. The molecule has 0 saturated carbocycles. The summed E-state index contributed by atoms with van der Waals surface area (Å²) in [5.74, 6) is 0.0174. The number of hydrogen-bond acceptors (Lipinski definition) is 4. The standard InChI is InChI=1S/C18H21N3O3/c1-14-5-2-3-6-15(14)13-20-18(22)7-4-12-19-16-8-10-17(11-9-16)21(23)24/h2-3,5-6,8-11,19H,4,7,12-13H2,1H3,(H,20,22). The molecule has 2 N–H and O–H groups in total. The predicted octanol–water partition coefficient (Wildman–Crippen LogP) is 3.41. The fourth-order valence-corrected chi connectivity index (χ4v) is 2.27. The Bertz CT molecular complexity index is 699. The third kappa shape index (κ3) is 5.39. The predicted molar refractivity (Wildman–Crippen MR) is 93.8 cm³/mol. The van der Waals surface area contributed by atoms with Crippen LogP contribution in [0.5, 0.6) is 0 Å². The van der Waals surface area contributed by atoms with Gasteiger partial charge in [-0.3, -0.25) is 14.9 Å². The number of non-ortho nitro benzene ring substituents is 1. The Balaban J connectivity index is 1.65. The first-order valence-electron chi connectivity index (χ1n) is 7.86. The summed E-state index contributed by atoms with van der Waals surface area (Å²) in [7, 11) is 0. The van der Waals surface area contributed by atoms with Crippen LogP contribution in [0.3, 0.4) is 0 Å². The van der Waals surface area contributed by atoms with Crippen LogP contribution in [-0.4, -0.2) is 17.4 Å². The summed E-state index contributed by atoms with van der Waals surface area (Å²) in [6, 6.07) is 14.2. The monoisotopic (exact) mass is 327 g/mol. The zero-order chi connectivity index (χ0) is 17.4. The average Bonchev–Trinajstić information content (AvgIpc) is 2.58. The summed E-state index contributed by atoms with van der Waals surface area (Å²) in [5, 5.41) is 16.6. The zero-order valence-electron chi connectivity index (χ0n) is 13.6. The van der Waals surface area contributed by atoms with Crippen LogP contribution in [0.2, 0.25) is 0 Å². The molecule has 0 aliphatic rings. The van der Waals surface area contributed by atoms with Crippen molar-refractivity contribution in [1.29, 1.82) is 0 Å². The fraction of sp³-hybridized carbons (Fsp3) is 0.278. The Morgan fingerprint density at radius 3 is 2.50 bits per heavy atom. The van der Waals surface area contributed by atoms with Crippen LogP contribution in [0.15, 0.2) is 48.5 Å². The highest BCUT2D eigenvalue weighted by molar-refractivity contribution is 5.75. The smallest absolute Gasteiger partial charge is 0.269 e. The van der Waals surface area contributed by atoms with Crippen molar-refractivity contribution < 1.29 is 9.72 Å². The van der Waals surface area contributed by atoms with Crippen molar-refractivity contribution in [2.24, 2.45) is 0 Å². The molecular weight excluding hydrogens is 306 g/mol. The van der Waals surface area contributed by atoms with E-state index in [1.165, 1.54) is 12.1 Å². The summed E-state index contributed by atoms with van der Waals surface area (Å²) in [6.07, 6.45) is 1.13. The first kappa shape index (κ1) is 17.5. The Hall–Kier alpha value is -2.89. The maximum absolute atomic E-state index is 11.8. The largest absolute Gasteiger partial charge is 0.385 e. The Kier molecular flexibility index (Phi) is 6.31. The molecule has 2 aromatic carbocycles. The number of amides is 1. The molecule has 0 fully saturated rings. The number of nitrogens with zero attached hydrogens (tertiary/aromatic N) is 1. The molecule has 1 amide bonds. The highest BCUT2D eigenvalue weighted by atomic mass is 16.6. The van der Waals surface area contributed by atoms with Gasteiger partial charge in [-0.15, -0.1) is 0 Å². The molecule has 0 unspecified atom stereocenters. The molecule has 0 radical (unpaired) electrons. The van der Waals surface area contributed by atoms with Gasteiger partial charge in [0.1, 0.15) is 0 Å². The second-order valence-electron chi connectivity index (χ2n) is 5.54. The van der Waals surface area contributed by atoms with Crippen LogP contribution in [0.1, 0.15) is 24.0 Å². The van der Waals surface area contributed by atoms with Crippen molar-refractivity contribution in [2.75, 3.05) is 11.9 Å². The van der Waals surface area contributed by atoms with E-state index in [0.717, 1.165) is 16.8 Å². The first-order valence-corrected chi connectivity index (χ1v) is 7.86. The summed E-state index contributed by atoms with van der Waals surface area (Å²) >= 11 is 0. The van der Waals surface area contributed by atoms with Gasteiger partial charge in [0.05, 0.1) is 4.92 Å². The lowest BCUT2D eigenvalue weighted by Gasteiger charge is -2.09. The van der Waals surface area contributed by atoms with Gasteiger partial charge in [0, 0.05) is 37.3 Å². The van der Waals surface area contributed by atoms with Gasteiger partial charge in [0.25, 0.3) is 5.69 Å². The minimum Gasteiger partial charge on any atom is -0.385 e. The molecule has 0 aromatic heterocycles. The lowest BCUT2D eigenvalue weighted by molar-refractivity contribution is -0.384.